The fourth-order valence-electron chi connectivity index (χ4n) is 2.08. The summed E-state index contributed by atoms with van der Waals surface area (Å²) in [4.78, 5) is 0. The van der Waals surface area contributed by atoms with Gasteiger partial charge >= 0.3 is 0 Å². The van der Waals surface area contributed by atoms with E-state index in [1.54, 1.807) is 12.1 Å². The standard InChI is InChI=1S/C16H19Cl2NO/c1-3-8-19-11(2)9-13-5-7-16(20-13)14-10-12(17)4-6-15(14)18/h4-7,10-11,19H,3,8-9H2,1-2H3. The van der Waals surface area contributed by atoms with E-state index in [2.05, 4.69) is 19.2 Å². The summed E-state index contributed by atoms with van der Waals surface area (Å²) < 4.78 is 5.87. The van der Waals surface area contributed by atoms with E-state index in [9.17, 15) is 0 Å². The highest BCUT2D eigenvalue weighted by Crippen LogP contribution is 2.31. The second-order valence-electron chi connectivity index (χ2n) is 4.95. The van der Waals surface area contributed by atoms with Crippen molar-refractivity contribution in [1.82, 2.24) is 5.32 Å². The van der Waals surface area contributed by atoms with Crippen molar-refractivity contribution in [2.75, 3.05) is 6.54 Å². The Bertz CT molecular complexity index is 565. The van der Waals surface area contributed by atoms with Gasteiger partial charge in [0.15, 0.2) is 0 Å². The number of rotatable bonds is 6. The van der Waals surface area contributed by atoms with Crippen LogP contribution in [-0.2, 0) is 6.42 Å². The van der Waals surface area contributed by atoms with E-state index in [1.165, 1.54) is 0 Å². The van der Waals surface area contributed by atoms with E-state index < -0.39 is 0 Å². The lowest BCUT2D eigenvalue weighted by Gasteiger charge is -2.11. The molecule has 1 aromatic carbocycles. The Morgan fingerprint density at radius 1 is 1.20 bits per heavy atom. The molecule has 2 nitrogen and oxygen atoms in total. The van der Waals surface area contributed by atoms with Gasteiger partial charge in [-0.15, -0.1) is 0 Å². The highest BCUT2D eigenvalue weighted by molar-refractivity contribution is 6.35. The summed E-state index contributed by atoms with van der Waals surface area (Å²) >= 11 is 12.2. The molecular formula is C16H19Cl2NO. The molecule has 20 heavy (non-hydrogen) atoms. The van der Waals surface area contributed by atoms with Crippen molar-refractivity contribution in [3.63, 3.8) is 0 Å². The van der Waals surface area contributed by atoms with Crippen molar-refractivity contribution in [2.24, 2.45) is 0 Å². The largest absolute Gasteiger partial charge is 0.461 e. The molecule has 0 aliphatic rings. The van der Waals surface area contributed by atoms with E-state index in [0.717, 1.165) is 36.5 Å². The topological polar surface area (TPSA) is 25.2 Å². The van der Waals surface area contributed by atoms with E-state index in [0.29, 0.717) is 16.1 Å². The molecule has 1 heterocycles. The summed E-state index contributed by atoms with van der Waals surface area (Å²) in [6.45, 7) is 5.34. The maximum atomic E-state index is 6.18. The summed E-state index contributed by atoms with van der Waals surface area (Å²) in [5.41, 5.74) is 0.833. The van der Waals surface area contributed by atoms with Crippen LogP contribution in [0.5, 0.6) is 0 Å². The molecule has 0 amide bonds. The highest BCUT2D eigenvalue weighted by atomic mass is 35.5. The summed E-state index contributed by atoms with van der Waals surface area (Å²) in [7, 11) is 0. The lowest BCUT2D eigenvalue weighted by molar-refractivity contribution is 0.464. The predicted octanol–water partition coefficient (Wildman–Crippen LogP) is 5.18. The normalized spacial score (nSPS) is 12.6. The third-order valence-electron chi connectivity index (χ3n) is 3.11. The Hall–Kier alpha value is -0.960. The minimum atomic E-state index is 0.392. The first-order valence-corrected chi connectivity index (χ1v) is 7.63. The van der Waals surface area contributed by atoms with Crippen LogP contribution < -0.4 is 5.32 Å². The smallest absolute Gasteiger partial charge is 0.135 e. The Morgan fingerprint density at radius 2 is 2.00 bits per heavy atom. The lowest BCUT2D eigenvalue weighted by Crippen LogP contribution is -2.28. The Labute approximate surface area is 130 Å². The molecule has 0 bridgehead atoms. The van der Waals surface area contributed by atoms with E-state index >= 15 is 0 Å². The van der Waals surface area contributed by atoms with Gasteiger partial charge in [0.1, 0.15) is 11.5 Å². The third-order valence-corrected chi connectivity index (χ3v) is 3.67. The average molecular weight is 312 g/mol. The number of benzene rings is 1. The van der Waals surface area contributed by atoms with Gasteiger partial charge in [0.05, 0.1) is 5.02 Å². The van der Waals surface area contributed by atoms with Crippen molar-refractivity contribution < 1.29 is 4.42 Å². The molecule has 2 rings (SSSR count). The summed E-state index contributed by atoms with van der Waals surface area (Å²) in [6, 6.07) is 9.71. The molecule has 4 heteroatoms. The number of halogens is 2. The van der Waals surface area contributed by atoms with E-state index in [-0.39, 0.29) is 0 Å². The third kappa shape index (κ3) is 4.02. The molecule has 0 spiro atoms. The molecule has 108 valence electrons. The summed E-state index contributed by atoms with van der Waals surface area (Å²) in [5.74, 6) is 1.71. The first kappa shape index (κ1) is 15.4. The number of hydrogen-bond donors (Lipinski definition) is 1. The molecule has 0 radical (unpaired) electrons. The van der Waals surface area contributed by atoms with E-state index in [4.69, 9.17) is 27.6 Å². The molecule has 0 saturated carbocycles. The van der Waals surface area contributed by atoms with E-state index in [1.807, 2.05) is 18.2 Å². The quantitative estimate of drug-likeness (QED) is 0.794. The molecular weight excluding hydrogens is 293 g/mol. The number of hydrogen-bond acceptors (Lipinski definition) is 2. The van der Waals surface area contributed by atoms with Crippen molar-refractivity contribution in [3.05, 3.63) is 46.1 Å². The number of furan rings is 1. The van der Waals surface area contributed by atoms with Gasteiger partial charge in [-0.2, -0.15) is 0 Å². The molecule has 2 aromatic rings. The van der Waals surface area contributed by atoms with Crippen molar-refractivity contribution in [3.8, 4) is 11.3 Å². The van der Waals surface area contributed by atoms with Gasteiger partial charge in [0.25, 0.3) is 0 Å². The van der Waals surface area contributed by atoms with Crippen LogP contribution in [0.4, 0.5) is 0 Å². The van der Waals surface area contributed by atoms with Crippen LogP contribution in [0.2, 0.25) is 10.0 Å². The zero-order valence-corrected chi connectivity index (χ0v) is 13.3. The van der Waals surface area contributed by atoms with Crippen LogP contribution >= 0.6 is 23.2 Å². The molecule has 0 aliphatic carbocycles. The van der Waals surface area contributed by atoms with Crippen molar-refractivity contribution in [2.45, 2.75) is 32.7 Å². The SMILES string of the molecule is CCCNC(C)Cc1ccc(-c2cc(Cl)ccc2Cl)o1. The van der Waals surface area contributed by atoms with Crippen LogP contribution in [0.3, 0.4) is 0 Å². The van der Waals surface area contributed by atoms with Crippen molar-refractivity contribution in [1.29, 1.82) is 0 Å². The number of nitrogens with one attached hydrogen (secondary N) is 1. The minimum Gasteiger partial charge on any atom is -0.461 e. The van der Waals surface area contributed by atoms with Gasteiger partial charge < -0.3 is 9.73 Å². The maximum Gasteiger partial charge on any atom is 0.135 e. The summed E-state index contributed by atoms with van der Waals surface area (Å²) in [5, 5.41) is 4.74. The Kier molecular flexibility index (Phi) is 5.53. The maximum absolute atomic E-state index is 6.18. The Balaban J connectivity index is 2.10. The first-order valence-electron chi connectivity index (χ1n) is 6.87. The second-order valence-corrected chi connectivity index (χ2v) is 5.79. The van der Waals surface area contributed by atoms with Crippen LogP contribution in [0, 0.1) is 0 Å². The van der Waals surface area contributed by atoms with Gasteiger partial charge in [0, 0.05) is 23.0 Å². The first-order chi connectivity index (χ1) is 9.60. The van der Waals surface area contributed by atoms with Crippen LogP contribution in [-0.4, -0.2) is 12.6 Å². The van der Waals surface area contributed by atoms with Crippen LogP contribution in [0.25, 0.3) is 11.3 Å². The van der Waals surface area contributed by atoms with Crippen LogP contribution in [0.15, 0.2) is 34.7 Å². The van der Waals surface area contributed by atoms with Gasteiger partial charge in [0.2, 0.25) is 0 Å². The van der Waals surface area contributed by atoms with Crippen LogP contribution in [0.1, 0.15) is 26.0 Å². The second kappa shape index (κ2) is 7.16. The van der Waals surface area contributed by atoms with Gasteiger partial charge in [-0.1, -0.05) is 30.1 Å². The van der Waals surface area contributed by atoms with Gasteiger partial charge in [-0.05, 0) is 50.2 Å². The zero-order chi connectivity index (χ0) is 14.5. The van der Waals surface area contributed by atoms with Gasteiger partial charge in [-0.25, -0.2) is 0 Å². The molecule has 1 aromatic heterocycles. The highest BCUT2D eigenvalue weighted by Gasteiger charge is 2.11. The predicted molar refractivity (Wildman–Crippen MR) is 85.6 cm³/mol. The fourth-order valence-corrected chi connectivity index (χ4v) is 2.47. The molecule has 1 atom stereocenters. The lowest BCUT2D eigenvalue weighted by atomic mass is 10.1. The summed E-state index contributed by atoms with van der Waals surface area (Å²) in [6.07, 6.45) is 1.99. The molecule has 0 saturated heterocycles. The van der Waals surface area contributed by atoms with Crippen molar-refractivity contribution >= 4 is 23.2 Å². The molecule has 0 fully saturated rings. The molecule has 1 unspecified atom stereocenters. The fraction of sp³-hybridized carbons (Fsp3) is 0.375. The van der Waals surface area contributed by atoms with Gasteiger partial charge in [-0.3, -0.25) is 0 Å². The molecule has 1 N–H and O–H groups in total. The molecule has 0 aliphatic heterocycles. The monoisotopic (exact) mass is 311 g/mol. The zero-order valence-electron chi connectivity index (χ0n) is 11.7. The Morgan fingerprint density at radius 3 is 2.75 bits per heavy atom. The average Bonchev–Trinajstić information content (AvgIpc) is 2.87. The minimum absolute atomic E-state index is 0.392.